The molecular weight excluding hydrogens is 321 g/mol. The van der Waals surface area contributed by atoms with E-state index in [0.29, 0.717) is 31.9 Å². The maximum absolute atomic E-state index is 8.61. The molecule has 0 unspecified atom stereocenters. The van der Waals surface area contributed by atoms with Crippen LogP contribution in [0.2, 0.25) is 15.1 Å². The monoisotopic (exact) mass is 329 g/mol. The summed E-state index contributed by atoms with van der Waals surface area (Å²) in [5.74, 6) is 0.553. The molecule has 0 aromatic heterocycles. The molecule has 0 aliphatic rings. The molecular formula is C14H10Cl3NO2. The van der Waals surface area contributed by atoms with Gasteiger partial charge in [-0.25, -0.2) is 0 Å². The zero-order chi connectivity index (χ0) is 14.5. The van der Waals surface area contributed by atoms with Crippen molar-refractivity contribution in [3.63, 3.8) is 0 Å². The van der Waals surface area contributed by atoms with Gasteiger partial charge in [0.15, 0.2) is 0 Å². The highest BCUT2D eigenvalue weighted by molar-refractivity contribution is 6.44. The minimum absolute atomic E-state index is 0.161. The lowest BCUT2D eigenvalue weighted by molar-refractivity contribution is 0.304. The quantitative estimate of drug-likeness (QED) is 0.369. The number of hydrogen-bond acceptors (Lipinski definition) is 3. The van der Waals surface area contributed by atoms with Gasteiger partial charge in [0.2, 0.25) is 0 Å². The van der Waals surface area contributed by atoms with Gasteiger partial charge < -0.3 is 9.94 Å². The molecule has 1 N–H and O–H groups in total. The summed E-state index contributed by atoms with van der Waals surface area (Å²) in [6.45, 7) is 0.161. The number of hydrogen-bond donors (Lipinski definition) is 1. The smallest absolute Gasteiger partial charge is 0.128 e. The average molecular weight is 331 g/mol. The summed E-state index contributed by atoms with van der Waals surface area (Å²) < 4.78 is 5.66. The number of nitrogens with zero attached hydrogens (tertiary/aromatic N) is 1. The van der Waals surface area contributed by atoms with Gasteiger partial charge in [-0.3, -0.25) is 0 Å². The molecule has 20 heavy (non-hydrogen) atoms. The van der Waals surface area contributed by atoms with Crippen LogP contribution in [0, 0.1) is 0 Å². The van der Waals surface area contributed by atoms with E-state index in [1.165, 1.54) is 6.21 Å². The summed E-state index contributed by atoms with van der Waals surface area (Å²) in [6.07, 6.45) is 1.29. The lowest BCUT2D eigenvalue weighted by atomic mass is 10.2. The summed E-state index contributed by atoms with van der Waals surface area (Å²) in [5, 5.41) is 12.9. The van der Waals surface area contributed by atoms with Crippen molar-refractivity contribution < 1.29 is 9.94 Å². The molecule has 0 aliphatic carbocycles. The predicted molar refractivity (Wildman–Crippen MR) is 81.6 cm³/mol. The van der Waals surface area contributed by atoms with Crippen LogP contribution in [0.15, 0.2) is 41.6 Å². The van der Waals surface area contributed by atoms with E-state index in [1.807, 2.05) is 12.1 Å². The Balaban J connectivity index is 2.24. The van der Waals surface area contributed by atoms with Crippen LogP contribution >= 0.6 is 34.8 Å². The largest absolute Gasteiger partial charge is 0.488 e. The predicted octanol–water partition coefficient (Wildman–Crippen LogP) is 5.03. The van der Waals surface area contributed by atoms with E-state index in [1.54, 1.807) is 24.3 Å². The summed E-state index contributed by atoms with van der Waals surface area (Å²) >= 11 is 18.1. The molecule has 0 bridgehead atoms. The first-order valence-corrected chi connectivity index (χ1v) is 6.78. The Morgan fingerprint density at radius 1 is 1.05 bits per heavy atom. The van der Waals surface area contributed by atoms with Crippen molar-refractivity contribution in [1.82, 2.24) is 0 Å². The van der Waals surface area contributed by atoms with Gasteiger partial charge in [0.05, 0.1) is 16.3 Å². The van der Waals surface area contributed by atoms with Gasteiger partial charge >= 0.3 is 0 Å². The molecule has 0 amide bonds. The van der Waals surface area contributed by atoms with E-state index in [9.17, 15) is 0 Å². The summed E-state index contributed by atoms with van der Waals surface area (Å²) in [5.41, 5.74) is 1.25. The van der Waals surface area contributed by atoms with Crippen LogP contribution < -0.4 is 4.74 Å². The highest BCUT2D eigenvalue weighted by Gasteiger charge is 2.11. The highest BCUT2D eigenvalue weighted by Crippen LogP contribution is 2.32. The van der Waals surface area contributed by atoms with E-state index in [-0.39, 0.29) is 6.61 Å². The standard InChI is InChI=1S/C14H10Cl3NO2/c15-11-5-6-12(16)14(17)10(11)8-20-13-4-2-1-3-9(13)7-18-19/h1-7,19H,8H2. The number of rotatable bonds is 4. The number of halogens is 3. The maximum atomic E-state index is 8.61. The Morgan fingerprint density at radius 3 is 2.50 bits per heavy atom. The Kier molecular flexibility index (Phi) is 5.12. The van der Waals surface area contributed by atoms with E-state index >= 15 is 0 Å². The van der Waals surface area contributed by atoms with Crippen LogP contribution in [0.4, 0.5) is 0 Å². The first-order valence-electron chi connectivity index (χ1n) is 5.65. The fourth-order valence-corrected chi connectivity index (χ4v) is 2.29. The van der Waals surface area contributed by atoms with Crippen LogP contribution in [0.5, 0.6) is 5.75 Å². The molecule has 0 spiro atoms. The van der Waals surface area contributed by atoms with Gasteiger partial charge in [-0.15, -0.1) is 0 Å². The minimum atomic E-state index is 0.161. The zero-order valence-electron chi connectivity index (χ0n) is 10.2. The number of para-hydroxylation sites is 1. The van der Waals surface area contributed by atoms with Crippen LogP contribution in [0.1, 0.15) is 11.1 Å². The van der Waals surface area contributed by atoms with Gasteiger partial charge in [0.25, 0.3) is 0 Å². The molecule has 0 atom stereocenters. The SMILES string of the molecule is ON=Cc1ccccc1OCc1c(Cl)ccc(Cl)c1Cl. The van der Waals surface area contributed by atoms with E-state index in [0.717, 1.165) is 0 Å². The Labute approximate surface area is 131 Å². The summed E-state index contributed by atoms with van der Waals surface area (Å²) in [4.78, 5) is 0. The third-order valence-electron chi connectivity index (χ3n) is 2.63. The van der Waals surface area contributed by atoms with E-state index in [4.69, 9.17) is 44.7 Å². The van der Waals surface area contributed by atoms with Gasteiger partial charge in [0, 0.05) is 16.1 Å². The van der Waals surface area contributed by atoms with Gasteiger partial charge in [0.1, 0.15) is 12.4 Å². The van der Waals surface area contributed by atoms with E-state index in [2.05, 4.69) is 5.16 Å². The molecule has 104 valence electrons. The molecule has 0 aliphatic heterocycles. The normalized spacial score (nSPS) is 10.9. The van der Waals surface area contributed by atoms with Crippen molar-refractivity contribution in [2.75, 3.05) is 0 Å². The molecule has 0 fully saturated rings. The highest BCUT2D eigenvalue weighted by atomic mass is 35.5. The first-order chi connectivity index (χ1) is 9.63. The molecule has 2 aromatic carbocycles. The zero-order valence-corrected chi connectivity index (χ0v) is 12.5. The molecule has 2 rings (SSSR count). The maximum Gasteiger partial charge on any atom is 0.128 e. The molecule has 6 heteroatoms. The Morgan fingerprint density at radius 2 is 1.75 bits per heavy atom. The van der Waals surface area contributed by atoms with Crippen molar-refractivity contribution in [3.8, 4) is 5.75 Å². The Hall–Kier alpha value is -1.42. The summed E-state index contributed by atoms with van der Waals surface area (Å²) in [6, 6.07) is 10.4. The molecule has 0 radical (unpaired) electrons. The second kappa shape index (κ2) is 6.84. The van der Waals surface area contributed by atoms with E-state index < -0.39 is 0 Å². The minimum Gasteiger partial charge on any atom is -0.488 e. The topological polar surface area (TPSA) is 41.8 Å². The molecule has 3 nitrogen and oxygen atoms in total. The second-order valence-corrected chi connectivity index (χ2v) is 5.09. The molecule has 0 saturated heterocycles. The Bertz CT molecular complexity index is 644. The van der Waals surface area contributed by atoms with Crippen molar-refractivity contribution in [2.24, 2.45) is 5.16 Å². The van der Waals surface area contributed by atoms with Crippen molar-refractivity contribution >= 4 is 41.0 Å². The third-order valence-corrected chi connectivity index (χ3v) is 3.82. The molecule has 0 heterocycles. The van der Waals surface area contributed by atoms with Crippen LogP contribution in [0.3, 0.4) is 0 Å². The van der Waals surface area contributed by atoms with Crippen LogP contribution in [-0.2, 0) is 6.61 Å². The van der Waals surface area contributed by atoms with Gasteiger partial charge in [-0.2, -0.15) is 0 Å². The molecule has 2 aromatic rings. The third kappa shape index (κ3) is 3.37. The fourth-order valence-electron chi connectivity index (χ4n) is 1.63. The van der Waals surface area contributed by atoms with Crippen molar-refractivity contribution in [1.29, 1.82) is 0 Å². The fraction of sp³-hybridized carbons (Fsp3) is 0.0714. The summed E-state index contributed by atoms with van der Waals surface area (Å²) in [7, 11) is 0. The van der Waals surface area contributed by atoms with Crippen molar-refractivity contribution in [2.45, 2.75) is 6.61 Å². The molecule has 0 saturated carbocycles. The number of oxime groups is 1. The first kappa shape index (κ1) is 15.0. The average Bonchev–Trinajstić information content (AvgIpc) is 2.45. The lowest BCUT2D eigenvalue weighted by Crippen LogP contribution is -2.00. The second-order valence-electron chi connectivity index (χ2n) is 3.89. The van der Waals surface area contributed by atoms with Crippen molar-refractivity contribution in [3.05, 3.63) is 62.6 Å². The number of ether oxygens (including phenoxy) is 1. The lowest BCUT2D eigenvalue weighted by Gasteiger charge is -2.12. The number of benzene rings is 2. The van der Waals surface area contributed by atoms with Gasteiger partial charge in [-0.1, -0.05) is 52.1 Å². The van der Waals surface area contributed by atoms with Gasteiger partial charge in [-0.05, 0) is 24.3 Å². The van der Waals surface area contributed by atoms with Crippen LogP contribution in [0.25, 0.3) is 0 Å². The van der Waals surface area contributed by atoms with Crippen LogP contribution in [-0.4, -0.2) is 11.4 Å².